The lowest BCUT2D eigenvalue weighted by Gasteiger charge is -2.12. The molecule has 0 aliphatic carbocycles. The molecule has 1 rings (SSSR count). The Morgan fingerprint density at radius 2 is 2.47 bits per heavy atom. The molecule has 0 unspecified atom stereocenters. The number of allylic oxidation sites excluding steroid dienone is 2. The van der Waals surface area contributed by atoms with E-state index in [1.807, 2.05) is 6.92 Å². The van der Waals surface area contributed by atoms with E-state index in [9.17, 15) is 4.79 Å². The Labute approximate surface area is 88.0 Å². The van der Waals surface area contributed by atoms with Gasteiger partial charge in [-0.25, -0.2) is 9.79 Å². The van der Waals surface area contributed by atoms with Crippen LogP contribution in [0.2, 0.25) is 0 Å². The van der Waals surface area contributed by atoms with Crippen LogP contribution in [0.4, 0.5) is 0 Å². The normalized spacial score (nSPS) is 17.6. The Balaban J connectivity index is 2.95. The van der Waals surface area contributed by atoms with E-state index in [-0.39, 0.29) is 12.2 Å². The van der Waals surface area contributed by atoms with Crippen LogP contribution in [0.1, 0.15) is 13.8 Å². The molecule has 0 saturated carbocycles. The Kier molecular flexibility index (Phi) is 3.79. The van der Waals surface area contributed by atoms with Crippen molar-refractivity contribution in [2.75, 3.05) is 6.61 Å². The average Bonchev–Trinajstić information content (AvgIpc) is 2.19. The van der Waals surface area contributed by atoms with Gasteiger partial charge in [0, 0.05) is 18.1 Å². The van der Waals surface area contributed by atoms with Crippen LogP contribution < -0.4 is 5.32 Å². The van der Waals surface area contributed by atoms with Crippen LogP contribution in [0.3, 0.4) is 0 Å². The Hall–Kier alpha value is -1.91. The molecule has 2 N–H and O–H groups in total. The second-order valence-electron chi connectivity index (χ2n) is 2.88. The van der Waals surface area contributed by atoms with Crippen molar-refractivity contribution in [3.05, 3.63) is 23.2 Å². The number of hydrogen-bond donors (Lipinski definition) is 2. The standard InChI is InChI=1S/C10H13N3O2/c1-3-15-10(14)8(6-11)9-12-5-4-7(2)13-9/h4-6,11,13H,3H2,1-2H3/b9-8+,11-6?. The maximum atomic E-state index is 11.4. The molecular weight excluding hydrogens is 194 g/mol. The average molecular weight is 207 g/mol. The summed E-state index contributed by atoms with van der Waals surface area (Å²) in [6, 6.07) is 0. The molecular formula is C10H13N3O2. The van der Waals surface area contributed by atoms with Crippen LogP contribution in [0, 0.1) is 5.41 Å². The van der Waals surface area contributed by atoms with Gasteiger partial charge in [-0.2, -0.15) is 0 Å². The minimum Gasteiger partial charge on any atom is -0.462 e. The third-order valence-electron chi connectivity index (χ3n) is 1.74. The van der Waals surface area contributed by atoms with E-state index >= 15 is 0 Å². The number of nitrogens with zero attached hydrogens (tertiary/aromatic N) is 1. The van der Waals surface area contributed by atoms with Gasteiger partial charge >= 0.3 is 5.97 Å². The van der Waals surface area contributed by atoms with Gasteiger partial charge in [0.25, 0.3) is 0 Å². The van der Waals surface area contributed by atoms with Crippen molar-refractivity contribution in [3.63, 3.8) is 0 Å². The highest BCUT2D eigenvalue weighted by Crippen LogP contribution is 2.08. The lowest BCUT2D eigenvalue weighted by atomic mass is 10.2. The van der Waals surface area contributed by atoms with E-state index in [2.05, 4.69) is 10.3 Å². The number of esters is 1. The zero-order chi connectivity index (χ0) is 11.3. The Bertz CT molecular complexity index is 367. The Morgan fingerprint density at radius 1 is 1.73 bits per heavy atom. The summed E-state index contributed by atoms with van der Waals surface area (Å²) >= 11 is 0. The van der Waals surface area contributed by atoms with Gasteiger partial charge in [-0.05, 0) is 19.9 Å². The molecule has 1 aliphatic heterocycles. The SMILES string of the molecule is CCOC(=O)/C(C=N)=C1\N=CC=C(C)N1. The zero-order valence-electron chi connectivity index (χ0n) is 8.70. The van der Waals surface area contributed by atoms with E-state index < -0.39 is 5.97 Å². The summed E-state index contributed by atoms with van der Waals surface area (Å²) < 4.78 is 4.80. The van der Waals surface area contributed by atoms with Crippen molar-refractivity contribution in [2.24, 2.45) is 4.99 Å². The van der Waals surface area contributed by atoms with Crippen LogP contribution >= 0.6 is 0 Å². The minimum absolute atomic E-state index is 0.126. The topological polar surface area (TPSA) is 74.5 Å². The number of nitrogens with one attached hydrogen (secondary N) is 2. The van der Waals surface area contributed by atoms with Crippen LogP contribution in [-0.4, -0.2) is 25.0 Å². The van der Waals surface area contributed by atoms with E-state index in [0.717, 1.165) is 11.9 Å². The smallest absolute Gasteiger partial charge is 0.343 e. The second-order valence-corrected chi connectivity index (χ2v) is 2.88. The van der Waals surface area contributed by atoms with Gasteiger partial charge in [0.1, 0.15) is 11.4 Å². The van der Waals surface area contributed by atoms with Crippen LogP contribution in [0.5, 0.6) is 0 Å². The number of ether oxygens (including phenoxy) is 1. The number of hydrogen-bond acceptors (Lipinski definition) is 5. The summed E-state index contributed by atoms with van der Waals surface area (Å²) in [6.45, 7) is 3.84. The van der Waals surface area contributed by atoms with Crippen molar-refractivity contribution in [1.82, 2.24) is 5.32 Å². The maximum Gasteiger partial charge on any atom is 0.343 e. The quantitative estimate of drug-likeness (QED) is 0.411. The largest absolute Gasteiger partial charge is 0.462 e. The van der Waals surface area contributed by atoms with Gasteiger partial charge in [0.2, 0.25) is 0 Å². The maximum absolute atomic E-state index is 11.4. The molecule has 0 aromatic rings. The van der Waals surface area contributed by atoms with Gasteiger partial charge in [-0.3, -0.25) is 0 Å². The van der Waals surface area contributed by atoms with Crippen molar-refractivity contribution in [3.8, 4) is 0 Å². The van der Waals surface area contributed by atoms with Crippen LogP contribution in [0.15, 0.2) is 28.2 Å². The van der Waals surface area contributed by atoms with Gasteiger partial charge in [-0.15, -0.1) is 0 Å². The summed E-state index contributed by atoms with van der Waals surface area (Å²) in [5.41, 5.74) is 0.990. The summed E-state index contributed by atoms with van der Waals surface area (Å²) in [5.74, 6) is -0.190. The molecule has 0 fully saturated rings. The molecule has 0 bridgehead atoms. The first kappa shape index (κ1) is 11.2. The summed E-state index contributed by atoms with van der Waals surface area (Å²) in [7, 11) is 0. The first-order chi connectivity index (χ1) is 7.19. The molecule has 0 atom stereocenters. The molecule has 1 aliphatic rings. The minimum atomic E-state index is -0.540. The molecule has 1 heterocycles. The fourth-order valence-corrected chi connectivity index (χ4v) is 1.05. The first-order valence-electron chi connectivity index (χ1n) is 4.59. The fraction of sp³-hybridized carbons (Fsp3) is 0.300. The molecule has 0 aromatic heterocycles. The van der Waals surface area contributed by atoms with Gasteiger partial charge < -0.3 is 15.5 Å². The van der Waals surface area contributed by atoms with Crippen LogP contribution in [-0.2, 0) is 9.53 Å². The molecule has 0 spiro atoms. The molecule has 15 heavy (non-hydrogen) atoms. The second kappa shape index (κ2) is 5.09. The van der Waals surface area contributed by atoms with Crippen molar-refractivity contribution < 1.29 is 9.53 Å². The predicted octanol–water partition coefficient (Wildman–Crippen LogP) is 0.988. The van der Waals surface area contributed by atoms with Gasteiger partial charge in [0.15, 0.2) is 0 Å². The number of aliphatic imine (C=N–C) groups is 1. The van der Waals surface area contributed by atoms with E-state index in [1.54, 1.807) is 19.2 Å². The van der Waals surface area contributed by atoms with E-state index in [1.165, 1.54) is 0 Å². The lowest BCUT2D eigenvalue weighted by Crippen LogP contribution is -2.20. The van der Waals surface area contributed by atoms with Gasteiger partial charge in [0.05, 0.1) is 6.61 Å². The van der Waals surface area contributed by atoms with E-state index in [4.69, 9.17) is 10.1 Å². The van der Waals surface area contributed by atoms with E-state index in [0.29, 0.717) is 5.82 Å². The molecule has 0 aromatic carbocycles. The predicted molar refractivity (Wildman–Crippen MR) is 57.8 cm³/mol. The highest BCUT2D eigenvalue weighted by molar-refractivity contribution is 6.09. The lowest BCUT2D eigenvalue weighted by molar-refractivity contribution is -0.137. The molecule has 0 amide bonds. The molecule has 80 valence electrons. The zero-order valence-corrected chi connectivity index (χ0v) is 8.70. The highest BCUT2D eigenvalue weighted by Gasteiger charge is 2.15. The molecule has 0 saturated heterocycles. The van der Waals surface area contributed by atoms with Crippen molar-refractivity contribution >= 4 is 18.4 Å². The van der Waals surface area contributed by atoms with Crippen LogP contribution in [0.25, 0.3) is 0 Å². The number of carbonyl (C=O) groups is 1. The Morgan fingerprint density at radius 3 is 3.00 bits per heavy atom. The monoisotopic (exact) mass is 207 g/mol. The third-order valence-corrected chi connectivity index (χ3v) is 1.74. The fourth-order valence-electron chi connectivity index (χ4n) is 1.05. The number of carbonyl (C=O) groups excluding carboxylic acids is 1. The highest BCUT2D eigenvalue weighted by atomic mass is 16.5. The van der Waals surface area contributed by atoms with Crippen molar-refractivity contribution in [1.29, 1.82) is 5.41 Å². The molecule has 5 nitrogen and oxygen atoms in total. The third kappa shape index (κ3) is 2.77. The molecule has 0 radical (unpaired) electrons. The summed E-state index contributed by atoms with van der Waals surface area (Å²) in [6.07, 6.45) is 4.29. The molecule has 5 heteroatoms. The first-order valence-corrected chi connectivity index (χ1v) is 4.59. The van der Waals surface area contributed by atoms with Gasteiger partial charge in [-0.1, -0.05) is 0 Å². The summed E-state index contributed by atoms with van der Waals surface area (Å²) in [5, 5.41) is 10.1. The number of rotatable bonds is 3. The summed E-state index contributed by atoms with van der Waals surface area (Å²) in [4.78, 5) is 15.4. The van der Waals surface area contributed by atoms with Crippen molar-refractivity contribution in [2.45, 2.75) is 13.8 Å².